The van der Waals surface area contributed by atoms with E-state index in [4.69, 9.17) is 9.47 Å². The van der Waals surface area contributed by atoms with Gasteiger partial charge in [0.25, 0.3) is 0 Å². The zero-order chi connectivity index (χ0) is 23.2. The van der Waals surface area contributed by atoms with Gasteiger partial charge in [-0.15, -0.1) is 0 Å². The van der Waals surface area contributed by atoms with Crippen molar-refractivity contribution in [1.82, 2.24) is 4.90 Å². The summed E-state index contributed by atoms with van der Waals surface area (Å²) in [6.07, 6.45) is -0.0839. The van der Waals surface area contributed by atoms with Crippen molar-refractivity contribution in [3.63, 3.8) is 0 Å². The number of piperidine rings is 1. The van der Waals surface area contributed by atoms with E-state index in [-0.39, 0.29) is 30.8 Å². The van der Waals surface area contributed by atoms with Crippen LogP contribution in [0.15, 0.2) is 18.2 Å². The number of fused-ring (bicyclic) bond motifs is 1. The molecule has 8 nitrogen and oxygen atoms in total. The van der Waals surface area contributed by atoms with Crippen LogP contribution in [0, 0.1) is 0 Å². The average Bonchev–Trinajstić information content (AvgIpc) is 2.59. The predicted molar refractivity (Wildman–Crippen MR) is 101 cm³/mol. The number of ketones is 1. The highest BCUT2D eigenvalue weighted by atomic mass is 32.2. The van der Waals surface area contributed by atoms with Gasteiger partial charge in [0.2, 0.25) is 0 Å². The summed E-state index contributed by atoms with van der Waals surface area (Å²) in [6, 6.07) is 3.57. The van der Waals surface area contributed by atoms with Gasteiger partial charge in [0.05, 0.1) is 6.42 Å². The molecule has 0 N–H and O–H groups in total. The largest absolute Gasteiger partial charge is 0.534 e. The number of nitrogens with zero attached hydrogens (tertiary/aromatic N) is 1. The highest BCUT2D eigenvalue weighted by molar-refractivity contribution is 7.88. The molecule has 0 bridgehead atoms. The Hall–Kier alpha value is -2.50. The maximum absolute atomic E-state index is 12.8. The van der Waals surface area contributed by atoms with E-state index in [1.165, 1.54) is 17.0 Å². The Labute approximate surface area is 177 Å². The van der Waals surface area contributed by atoms with E-state index in [0.717, 1.165) is 6.07 Å². The van der Waals surface area contributed by atoms with Gasteiger partial charge in [0.1, 0.15) is 22.5 Å². The van der Waals surface area contributed by atoms with Crippen LogP contribution < -0.4 is 8.92 Å². The van der Waals surface area contributed by atoms with Gasteiger partial charge in [0.15, 0.2) is 11.5 Å². The molecule has 1 saturated heterocycles. The minimum atomic E-state index is -5.94. The third kappa shape index (κ3) is 4.89. The Morgan fingerprint density at radius 3 is 2.32 bits per heavy atom. The Morgan fingerprint density at radius 2 is 1.77 bits per heavy atom. The number of hydrogen-bond acceptors (Lipinski definition) is 7. The van der Waals surface area contributed by atoms with Crippen molar-refractivity contribution in [2.45, 2.75) is 56.7 Å². The van der Waals surface area contributed by atoms with Crippen LogP contribution in [-0.2, 0) is 14.9 Å². The van der Waals surface area contributed by atoms with Crippen LogP contribution in [0.1, 0.15) is 50.4 Å². The third-order valence-corrected chi connectivity index (χ3v) is 5.85. The number of Topliss-reactive ketones (excluding diaryl/α,β-unsaturated/α-hetero) is 1. The summed E-state index contributed by atoms with van der Waals surface area (Å²) in [4.78, 5) is 26.5. The van der Waals surface area contributed by atoms with Crippen molar-refractivity contribution in [3.05, 3.63) is 23.8 Å². The van der Waals surface area contributed by atoms with Crippen molar-refractivity contribution in [2.75, 3.05) is 13.1 Å². The number of rotatable bonds is 2. The van der Waals surface area contributed by atoms with Crippen molar-refractivity contribution in [3.8, 4) is 11.5 Å². The number of carbonyl (C=O) groups is 2. The molecule has 1 aromatic rings. The minimum Gasteiger partial charge on any atom is -0.486 e. The zero-order valence-corrected chi connectivity index (χ0v) is 17.9. The Kier molecular flexibility index (Phi) is 5.66. The van der Waals surface area contributed by atoms with Gasteiger partial charge in [-0.3, -0.25) is 4.79 Å². The van der Waals surface area contributed by atoms with Gasteiger partial charge in [-0.2, -0.15) is 21.6 Å². The van der Waals surface area contributed by atoms with E-state index in [9.17, 15) is 31.2 Å². The number of ether oxygens (including phenoxy) is 2. The summed E-state index contributed by atoms with van der Waals surface area (Å²) in [6.45, 7) is 5.75. The zero-order valence-electron chi connectivity index (χ0n) is 17.1. The van der Waals surface area contributed by atoms with Crippen molar-refractivity contribution in [1.29, 1.82) is 0 Å². The second-order valence-corrected chi connectivity index (χ2v) is 10.0. The molecule has 2 aliphatic rings. The molecule has 2 aliphatic heterocycles. The van der Waals surface area contributed by atoms with E-state index in [1.807, 2.05) is 0 Å². The van der Waals surface area contributed by atoms with Crippen LogP contribution in [0.2, 0.25) is 0 Å². The first-order valence-corrected chi connectivity index (χ1v) is 10.9. The molecular formula is C19H22F3NO7S. The lowest BCUT2D eigenvalue weighted by Crippen LogP contribution is -2.53. The number of hydrogen-bond donors (Lipinski definition) is 0. The standard InChI is InChI=1S/C19H22F3NO7S/c1-17(2,3)29-16(25)23-9-7-18(8-10-23)11-12(24)15-13(28-18)5-4-6-14(15)30-31(26,27)19(20,21)22/h4-6H,7-11H2,1-3H3. The second kappa shape index (κ2) is 7.57. The van der Waals surface area contributed by atoms with Gasteiger partial charge >= 0.3 is 21.7 Å². The van der Waals surface area contributed by atoms with Gasteiger partial charge < -0.3 is 18.6 Å². The number of benzene rings is 1. The fourth-order valence-electron chi connectivity index (χ4n) is 3.46. The normalized spacial score (nSPS) is 18.9. The molecule has 3 rings (SSSR count). The van der Waals surface area contributed by atoms with Crippen LogP contribution >= 0.6 is 0 Å². The topological polar surface area (TPSA) is 99.2 Å². The van der Waals surface area contributed by atoms with E-state index < -0.39 is 44.5 Å². The van der Waals surface area contributed by atoms with Crippen LogP contribution in [-0.4, -0.2) is 55.0 Å². The first-order valence-electron chi connectivity index (χ1n) is 9.46. The monoisotopic (exact) mass is 465 g/mol. The van der Waals surface area contributed by atoms with Gasteiger partial charge in [0, 0.05) is 25.9 Å². The molecule has 1 aromatic carbocycles. The quantitative estimate of drug-likeness (QED) is 0.486. The maximum Gasteiger partial charge on any atom is 0.534 e. The molecular weight excluding hydrogens is 443 g/mol. The Bertz CT molecular complexity index is 991. The number of alkyl halides is 3. The highest BCUT2D eigenvalue weighted by Gasteiger charge is 2.50. The molecule has 0 aromatic heterocycles. The van der Waals surface area contributed by atoms with Gasteiger partial charge in [-0.1, -0.05) is 6.07 Å². The Morgan fingerprint density at radius 1 is 1.16 bits per heavy atom. The first-order chi connectivity index (χ1) is 14.1. The fraction of sp³-hybridized carbons (Fsp3) is 0.579. The summed E-state index contributed by atoms with van der Waals surface area (Å²) in [5.41, 5.74) is -7.60. The maximum atomic E-state index is 12.8. The van der Waals surface area contributed by atoms with E-state index in [0.29, 0.717) is 12.8 Å². The highest BCUT2D eigenvalue weighted by Crippen LogP contribution is 2.43. The van der Waals surface area contributed by atoms with E-state index in [1.54, 1.807) is 20.8 Å². The smallest absolute Gasteiger partial charge is 0.486 e. The van der Waals surface area contributed by atoms with Gasteiger partial charge in [-0.25, -0.2) is 4.79 Å². The van der Waals surface area contributed by atoms with E-state index >= 15 is 0 Å². The SMILES string of the molecule is CC(C)(C)OC(=O)N1CCC2(CC1)CC(=O)c1c(cccc1OS(=O)(=O)C(F)(F)F)O2. The molecule has 1 fully saturated rings. The van der Waals surface area contributed by atoms with Crippen LogP contribution in [0.4, 0.5) is 18.0 Å². The molecule has 0 saturated carbocycles. The molecule has 31 heavy (non-hydrogen) atoms. The molecule has 2 heterocycles. The first kappa shape index (κ1) is 23.2. The molecule has 0 atom stereocenters. The molecule has 1 amide bonds. The van der Waals surface area contributed by atoms with Gasteiger partial charge in [-0.05, 0) is 32.9 Å². The van der Waals surface area contributed by atoms with Crippen LogP contribution in [0.25, 0.3) is 0 Å². The lowest BCUT2D eigenvalue weighted by Gasteiger charge is -2.44. The molecule has 1 spiro atoms. The lowest BCUT2D eigenvalue weighted by molar-refractivity contribution is -0.0502. The second-order valence-electron chi connectivity index (χ2n) is 8.46. The summed E-state index contributed by atoms with van der Waals surface area (Å²) >= 11 is 0. The summed E-state index contributed by atoms with van der Waals surface area (Å²) in [5.74, 6) is -1.39. The van der Waals surface area contributed by atoms with E-state index in [2.05, 4.69) is 4.18 Å². The van der Waals surface area contributed by atoms with Crippen LogP contribution in [0.3, 0.4) is 0 Å². The Balaban J connectivity index is 1.78. The summed E-state index contributed by atoms with van der Waals surface area (Å²) < 4.78 is 76.2. The van der Waals surface area contributed by atoms with Crippen molar-refractivity contribution < 1.29 is 44.8 Å². The summed E-state index contributed by atoms with van der Waals surface area (Å²) in [5, 5.41) is 0. The predicted octanol–water partition coefficient (Wildman–Crippen LogP) is 3.65. The minimum absolute atomic E-state index is 0.0585. The average molecular weight is 465 g/mol. The third-order valence-electron chi connectivity index (χ3n) is 4.89. The summed E-state index contributed by atoms with van der Waals surface area (Å²) in [7, 11) is -5.94. The van der Waals surface area contributed by atoms with Crippen molar-refractivity contribution >= 4 is 22.0 Å². The number of halogens is 3. The molecule has 0 unspecified atom stereocenters. The number of likely N-dealkylation sites (tertiary alicyclic amines) is 1. The molecule has 0 aliphatic carbocycles. The number of amides is 1. The molecule has 172 valence electrons. The fourth-order valence-corrected chi connectivity index (χ4v) is 3.93. The molecule has 0 radical (unpaired) electrons. The van der Waals surface area contributed by atoms with Crippen molar-refractivity contribution in [2.24, 2.45) is 0 Å². The lowest BCUT2D eigenvalue weighted by atomic mass is 9.82. The molecule has 12 heteroatoms. The van der Waals surface area contributed by atoms with Crippen LogP contribution in [0.5, 0.6) is 11.5 Å². The number of carbonyl (C=O) groups excluding carboxylic acids is 2.